The van der Waals surface area contributed by atoms with Gasteiger partial charge in [0.25, 0.3) is 0 Å². The van der Waals surface area contributed by atoms with Gasteiger partial charge < -0.3 is 19.5 Å². The first-order chi connectivity index (χ1) is 9.95. The molecule has 21 heavy (non-hydrogen) atoms. The Morgan fingerprint density at radius 2 is 2.14 bits per heavy atom. The maximum absolute atomic E-state index is 13.7. The van der Waals surface area contributed by atoms with Gasteiger partial charge in [0.15, 0.2) is 17.2 Å². The van der Waals surface area contributed by atoms with Crippen LogP contribution in [0.2, 0.25) is 0 Å². The second kappa shape index (κ2) is 5.82. The number of phenolic OH excluding ortho intramolecular Hbond substituents is 2. The predicted molar refractivity (Wildman–Crippen MR) is 71.7 cm³/mol. The van der Waals surface area contributed by atoms with E-state index in [0.29, 0.717) is 5.56 Å². The minimum Gasteiger partial charge on any atom is -0.504 e. The number of benzene rings is 1. The molecule has 0 saturated heterocycles. The molecule has 0 saturated carbocycles. The van der Waals surface area contributed by atoms with Crippen molar-refractivity contribution in [2.45, 2.75) is 19.9 Å². The van der Waals surface area contributed by atoms with Crippen molar-refractivity contribution in [1.82, 2.24) is 9.55 Å². The second-order valence-electron chi connectivity index (χ2n) is 4.44. The number of imidazole rings is 1. The van der Waals surface area contributed by atoms with E-state index < -0.39 is 18.0 Å². The summed E-state index contributed by atoms with van der Waals surface area (Å²) in [7, 11) is 0. The van der Waals surface area contributed by atoms with Crippen LogP contribution < -0.4 is 0 Å². The van der Waals surface area contributed by atoms with Crippen molar-refractivity contribution in [3.8, 4) is 11.5 Å². The van der Waals surface area contributed by atoms with Gasteiger partial charge in [-0.05, 0) is 31.5 Å². The van der Waals surface area contributed by atoms with Gasteiger partial charge >= 0.3 is 5.97 Å². The van der Waals surface area contributed by atoms with Crippen LogP contribution in [0.1, 0.15) is 35.9 Å². The first-order valence-corrected chi connectivity index (χ1v) is 6.37. The number of nitrogens with zero attached hydrogens (tertiary/aromatic N) is 2. The van der Waals surface area contributed by atoms with E-state index in [1.54, 1.807) is 19.9 Å². The lowest BCUT2D eigenvalue weighted by Crippen LogP contribution is -2.16. The third kappa shape index (κ3) is 2.81. The number of rotatable bonds is 4. The molecular weight excluding hydrogens is 279 g/mol. The van der Waals surface area contributed by atoms with E-state index in [9.17, 15) is 19.4 Å². The Morgan fingerprint density at radius 1 is 1.43 bits per heavy atom. The van der Waals surface area contributed by atoms with Crippen LogP contribution in [0.15, 0.2) is 24.5 Å². The van der Waals surface area contributed by atoms with Crippen LogP contribution in [0, 0.1) is 5.95 Å². The second-order valence-corrected chi connectivity index (χ2v) is 4.44. The van der Waals surface area contributed by atoms with Crippen molar-refractivity contribution in [3.63, 3.8) is 0 Å². The highest BCUT2D eigenvalue weighted by atomic mass is 19.1. The number of phenols is 2. The van der Waals surface area contributed by atoms with Crippen molar-refractivity contribution < 1.29 is 24.1 Å². The number of aromatic hydroxyl groups is 2. The highest BCUT2D eigenvalue weighted by Crippen LogP contribution is 2.30. The van der Waals surface area contributed by atoms with Crippen molar-refractivity contribution in [1.29, 1.82) is 0 Å². The normalized spacial score (nSPS) is 12.1. The topological polar surface area (TPSA) is 84.6 Å². The van der Waals surface area contributed by atoms with Gasteiger partial charge in [-0.15, -0.1) is 0 Å². The SMILES string of the molecule is CCOC(=O)c1c(F)ncn1[C@H](C)c1ccc(O)c(O)c1. The zero-order chi connectivity index (χ0) is 15.6. The van der Waals surface area contributed by atoms with Crippen LogP contribution in [0.4, 0.5) is 4.39 Å². The highest BCUT2D eigenvalue weighted by molar-refractivity contribution is 5.87. The lowest BCUT2D eigenvalue weighted by atomic mass is 10.1. The van der Waals surface area contributed by atoms with Crippen molar-refractivity contribution >= 4 is 5.97 Å². The number of esters is 1. The first kappa shape index (κ1) is 14.8. The number of hydrogen-bond donors (Lipinski definition) is 2. The third-order valence-corrected chi connectivity index (χ3v) is 3.12. The van der Waals surface area contributed by atoms with E-state index in [-0.39, 0.29) is 23.8 Å². The van der Waals surface area contributed by atoms with Gasteiger partial charge in [0.1, 0.15) is 0 Å². The van der Waals surface area contributed by atoms with Gasteiger partial charge in [0.05, 0.1) is 19.0 Å². The van der Waals surface area contributed by atoms with Crippen LogP contribution in [0.25, 0.3) is 0 Å². The molecule has 2 rings (SSSR count). The summed E-state index contributed by atoms with van der Waals surface area (Å²) in [6.45, 7) is 3.45. The molecule has 2 aromatic rings. The van der Waals surface area contributed by atoms with Crippen LogP contribution in [-0.2, 0) is 4.74 Å². The lowest BCUT2D eigenvalue weighted by molar-refractivity contribution is 0.0506. The maximum atomic E-state index is 13.7. The Bertz CT molecular complexity index is 669. The summed E-state index contributed by atoms with van der Waals surface area (Å²) in [5, 5.41) is 18.8. The summed E-state index contributed by atoms with van der Waals surface area (Å²) >= 11 is 0. The molecule has 1 heterocycles. The number of carbonyl (C=O) groups is 1. The van der Waals surface area contributed by atoms with Gasteiger partial charge in [0.2, 0.25) is 5.95 Å². The zero-order valence-corrected chi connectivity index (χ0v) is 11.6. The number of aromatic nitrogens is 2. The summed E-state index contributed by atoms with van der Waals surface area (Å²) in [5.41, 5.74) is 0.296. The van der Waals surface area contributed by atoms with E-state index in [1.165, 1.54) is 23.0 Å². The number of hydrogen-bond acceptors (Lipinski definition) is 5. The van der Waals surface area contributed by atoms with Crippen molar-refractivity contribution in [3.05, 3.63) is 41.7 Å². The minimum absolute atomic E-state index is 0.123. The Hall–Kier alpha value is -2.57. The molecule has 0 aliphatic rings. The third-order valence-electron chi connectivity index (χ3n) is 3.12. The molecule has 1 atom stereocenters. The molecule has 0 unspecified atom stereocenters. The van der Waals surface area contributed by atoms with Gasteiger partial charge in [-0.2, -0.15) is 4.39 Å². The van der Waals surface area contributed by atoms with E-state index in [4.69, 9.17) is 4.74 Å². The molecular formula is C14H15FN2O4. The zero-order valence-electron chi connectivity index (χ0n) is 11.6. The van der Waals surface area contributed by atoms with Gasteiger partial charge in [-0.25, -0.2) is 9.78 Å². The van der Waals surface area contributed by atoms with Gasteiger partial charge in [0, 0.05) is 0 Å². The molecule has 0 aliphatic heterocycles. The molecule has 2 N–H and O–H groups in total. The fourth-order valence-corrected chi connectivity index (χ4v) is 1.98. The quantitative estimate of drug-likeness (QED) is 0.667. The van der Waals surface area contributed by atoms with E-state index >= 15 is 0 Å². The highest BCUT2D eigenvalue weighted by Gasteiger charge is 2.24. The van der Waals surface area contributed by atoms with Crippen molar-refractivity contribution in [2.75, 3.05) is 6.61 Å². The summed E-state index contributed by atoms with van der Waals surface area (Å²) in [6, 6.07) is 3.74. The van der Waals surface area contributed by atoms with E-state index in [2.05, 4.69) is 4.98 Å². The Kier molecular flexibility index (Phi) is 4.11. The standard InChI is InChI=1S/C14H15FN2O4/c1-3-21-14(20)12-13(15)16-7-17(12)8(2)9-4-5-10(18)11(19)6-9/h4-8,18-19H,3H2,1-2H3/t8-/m1/s1. The summed E-state index contributed by atoms with van der Waals surface area (Å²) < 4.78 is 19.8. The van der Waals surface area contributed by atoms with Gasteiger partial charge in [-0.1, -0.05) is 6.07 Å². The molecule has 6 nitrogen and oxygen atoms in total. The Balaban J connectivity index is 2.41. The van der Waals surface area contributed by atoms with Crippen LogP contribution in [0.5, 0.6) is 11.5 Å². The van der Waals surface area contributed by atoms with Crippen LogP contribution >= 0.6 is 0 Å². The predicted octanol–water partition coefficient (Wildman–Crippen LogP) is 2.22. The molecule has 112 valence electrons. The molecule has 0 amide bonds. The average Bonchev–Trinajstić information content (AvgIpc) is 2.83. The van der Waals surface area contributed by atoms with E-state index in [0.717, 1.165) is 0 Å². The van der Waals surface area contributed by atoms with Gasteiger partial charge in [-0.3, -0.25) is 0 Å². The summed E-state index contributed by atoms with van der Waals surface area (Å²) in [5.74, 6) is -2.27. The Labute approximate surface area is 120 Å². The average molecular weight is 294 g/mol. The molecule has 1 aromatic carbocycles. The molecule has 0 radical (unpaired) electrons. The van der Waals surface area contributed by atoms with E-state index in [1.807, 2.05) is 0 Å². The number of carbonyl (C=O) groups excluding carboxylic acids is 1. The maximum Gasteiger partial charge on any atom is 0.359 e. The number of ether oxygens (including phenoxy) is 1. The van der Waals surface area contributed by atoms with Crippen molar-refractivity contribution in [2.24, 2.45) is 0 Å². The monoisotopic (exact) mass is 294 g/mol. The summed E-state index contributed by atoms with van der Waals surface area (Å²) in [6.07, 6.45) is 1.19. The molecule has 0 fully saturated rings. The fraction of sp³-hybridized carbons (Fsp3) is 0.286. The minimum atomic E-state index is -0.914. The summed E-state index contributed by atoms with van der Waals surface area (Å²) in [4.78, 5) is 15.3. The Morgan fingerprint density at radius 3 is 2.76 bits per heavy atom. The largest absolute Gasteiger partial charge is 0.504 e. The molecule has 0 spiro atoms. The fourth-order valence-electron chi connectivity index (χ4n) is 1.98. The molecule has 0 bridgehead atoms. The molecule has 1 aromatic heterocycles. The first-order valence-electron chi connectivity index (χ1n) is 6.37. The molecule has 0 aliphatic carbocycles. The van der Waals surface area contributed by atoms with Crippen LogP contribution in [0.3, 0.4) is 0 Å². The lowest BCUT2D eigenvalue weighted by Gasteiger charge is -2.16. The molecule has 7 heteroatoms. The van der Waals surface area contributed by atoms with Crippen LogP contribution in [-0.4, -0.2) is 32.3 Å². The number of halogens is 1. The smallest absolute Gasteiger partial charge is 0.359 e.